The third kappa shape index (κ3) is 5.64. The Kier molecular flexibility index (Phi) is 6.92. The average molecular weight is 409 g/mol. The van der Waals surface area contributed by atoms with Crippen molar-refractivity contribution in [3.05, 3.63) is 41.3 Å². The Morgan fingerprint density at radius 3 is 2.36 bits per heavy atom. The Bertz CT molecular complexity index is 929. The molecule has 1 aromatic heterocycles. The van der Waals surface area contributed by atoms with Crippen LogP contribution in [0.25, 0.3) is 0 Å². The van der Waals surface area contributed by atoms with Crippen LogP contribution in [0.4, 0.5) is 5.69 Å². The van der Waals surface area contributed by atoms with E-state index in [9.17, 15) is 18.0 Å². The molecule has 9 nitrogen and oxygen atoms in total. The van der Waals surface area contributed by atoms with E-state index in [1.54, 1.807) is 12.1 Å². The number of amides is 1. The van der Waals surface area contributed by atoms with Gasteiger partial charge in [-0.15, -0.1) is 0 Å². The molecule has 0 bridgehead atoms. The number of hydrogen-bond acceptors (Lipinski definition) is 7. The number of hydrogen-bond donors (Lipinski definition) is 2. The van der Waals surface area contributed by atoms with E-state index < -0.39 is 35.1 Å². The summed E-state index contributed by atoms with van der Waals surface area (Å²) in [6.45, 7) is 5.90. The number of nitrogens with zero attached hydrogens (tertiary/aromatic N) is 1. The zero-order chi connectivity index (χ0) is 20.9. The first-order valence-corrected chi connectivity index (χ1v) is 10.1. The highest BCUT2D eigenvalue weighted by Gasteiger charge is 2.25. The maximum atomic E-state index is 12.2. The molecule has 2 rings (SSSR count). The molecule has 10 heteroatoms. The molecule has 0 saturated heterocycles. The molecular weight excluding hydrogens is 386 g/mol. The first-order chi connectivity index (χ1) is 13.1. The summed E-state index contributed by atoms with van der Waals surface area (Å²) in [4.78, 5) is 23.5. The molecule has 0 unspecified atom stereocenters. The van der Waals surface area contributed by atoms with Gasteiger partial charge in [0.2, 0.25) is 10.0 Å². The van der Waals surface area contributed by atoms with Gasteiger partial charge in [0.1, 0.15) is 17.1 Å². The van der Waals surface area contributed by atoms with Crippen LogP contribution in [0.15, 0.2) is 33.7 Å². The molecule has 1 heterocycles. The standard InChI is InChI=1S/C18H23N3O6S/c1-11(2)14-5-7-15(8-6-14)20-16(22)10-26-17(23)9-19-28(24,25)18-12(3)21-27-13(18)4/h5-8,11,19H,9-10H2,1-4H3,(H,20,22). The number of aromatic nitrogens is 1. The van der Waals surface area contributed by atoms with Gasteiger partial charge in [-0.1, -0.05) is 31.1 Å². The first-order valence-electron chi connectivity index (χ1n) is 8.58. The summed E-state index contributed by atoms with van der Waals surface area (Å²) in [7, 11) is -3.98. The van der Waals surface area contributed by atoms with E-state index >= 15 is 0 Å². The molecule has 0 aliphatic carbocycles. The van der Waals surface area contributed by atoms with Crippen molar-refractivity contribution in [2.75, 3.05) is 18.5 Å². The monoisotopic (exact) mass is 409 g/mol. The Labute approximate surface area is 163 Å². The van der Waals surface area contributed by atoms with Crippen molar-refractivity contribution in [3.63, 3.8) is 0 Å². The van der Waals surface area contributed by atoms with Crippen LogP contribution in [-0.4, -0.2) is 38.6 Å². The van der Waals surface area contributed by atoms with E-state index in [2.05, 4.69) is 29.0 Å². The first kappa shape index (κ1) is 21.6. The Morgan fingerprint density at radius 2 is 1.82 bits per heavy atom. The van der Waals surface area contributed by atoms with E-state index in [-0.39, 0.29) is 16.3 Å². The number of carbonyl (C=O) groups is 2. The van der Waals surface area contributed by atoms with Crippen LogP contribution in [0.2, 0.25) is 0 Å². The fraction of sp³-hybridized carbons (Fsp3) is 0.389. The summed E-state index contributed by atoms with van der Waals surface area (Å²) in [6.07, 6.45) is 0. The van der Waals surface area contributed by atoms with E-state index in [1.807, 2.05) is 12.1 Å². The summed E-state index contributed by atoms with van der Waals surface area (Å²) in [6, 6.07) is 7.31. The Morgan fingerprint density at radius 1 is 1.18 bits per heavy atom. The minimum atomic E-state index is -3.98. The van der Waals surface area contributed by atoms with Crippen LogP contribution >= 0.6 is 0 Å². The normalized spacial score (nSPS) is 11.5. The molecule has 28 heavy (non-hydrogen) atoms. The van der Waals surface area contributed by atoms with Gasteiger partial charge in [0.25, 0.3) is 5.91 Å². The molecule has 0 aliphatic heterocycles. The van der Waals surface area contributed by atoms with E-state index in [4.69, 9.17) is 9.26 Å². The van der Waals surface area contributed by atoms with Crippen LogP contribution in [0.3, 0.4) is 0 Å². The van der Waals surface area contributed by atoms with Crippen molar-refractivity contribution in [2.24, 2.45) is 0 Å². The van der Waals surface area contributed by atoms with Gasteiger partial charge >= 0.3 is 5.97 Å². The second kappa shape index (κ2) is 8.98. The smallest absolute Gasteiger partial charge is 0.321 e. The minimum absolute atomic E-state index is 0.112. The van der Waals surface area contributed by atoms with Crippen molar-refractivity contribution in [2.45, 2.75) is 38.5 Å². The van der Waals surface area contributed by atoms with Crippen LogP contribution in [-0.2, 0) is 24.3 Å². The van der Waals surface area contributed by atoms with Gasteiger partial charge in [0.15, 0.2) is 12.4 Å². The highest BCUT2D eigenvalue weighted by Crippen LogP contribution is 2.18. The third-order valence-corrected chi connectivity index (χ3v) is 5.51. The van der Waals surface area contributed by atoms with Gasteiger partial charge in [-0.2, -0.15) is 4.72 Å². The van der Waals surface area contributed by atoms with Gasteiger partial charge in [-0.3, -0.25) is 9.59 Å². The number of benzene rings is 1. The van der Waals surface area contributed by atoms with Gasteiger partial charge in [0.05, 0.1) is 0 Å². The summed E-state index contributed by atoms with van der Waals surface area (Å²) < 4.78 is 36.1. The molecule has 0 spiro atoms. The van der Waals surface area contributed by atoms with Crippen LogP contribution in [0.1, 0.15) is 36.8 Å². The lowest BCUT2D eigenvalue weighted by molar-refractivity contribution is -0.146. The van der Waals surface area contributed by atoms with Gasteiger partial charge in [-0.25, -0.2) is 8.42 Å². The van der Waals surface area contributed by atoms with Crippen molar-refractivity contribution in [1.29, 1.82) is 0 Å². The van der Waals surface area contributed by atoms with Crippen molar-refractivity contribution >= 4 is 27.6 Å². The van der Waals surface area contributed by atoms with Crippen molar-refractivity contribution < 1.29 is 27.3 Å². The summed E-state index contributed by atoms with van der Waals surface area (Å²) in [5.41, 5.74) is 1.89. The molecular formula is C18H23N3O6S. The van der Waals surface area contributed by atoms with E-state index in [0.717, 1.165) is 5.56 Å². The Hall–Kier alpha value is -2.72. The maximum absolute atomic E-state index is 12.2. The van der Waals surface area contributed by atoms with Gasteiger partial charge in [-0.05, 0) is 37.5 Å². The highest BCUT2D eigenvalue weighted by atomic mass is 32.2. The minimum Gasteiger partial charge on any atom is -0.455 e. The summed E-state index contributed by atoms with van der Waals surface area (Å²) in [5, 5.41) is 6.16. The summed E-state index contributed by atoms with van der Waals surface area (Å²) in [5.74, 6) is -0.930. The lowest BCUT2D eigenvalue weighted by Crippen LogP contribution is -2.32. The predicted octanol–water partition coefficient (Wildman–Crippen LogP) is 1.88. The molecule has 2 N–H and O–H groups in total. The fourth-order valence-electron chi connectivity index (χ4n) is 2.43. The quantitative estimate of drug-likeness (QED) is 0.637. The highest BCUT2D eigenvalue weighted by molar-refractivity contribution is 7.89. The molecule has 0 radical (unpaired) electrons. The molecule has 1 amide bonds. The largest absolute Gasteiger partial charge is 0.455 e. The fourth-order valence-corrected chi connectivity index (χ4v) is 3.72. The van der Waals surface area contributed by atoms with Gasteiger partial charge < -0.3 is 14.6 Å². The lowest BCUT2D eigenvalue weighted by atomic mass is 10.0. The third-order valence-electron chi connectivity index (χ3n) is 3.87. The SMILES string of the molecule is Cc1noc(C)c1S(=O)(=O)NCC(=O)OCC(=O)Nc1ccc(C(C)C)cc1. The number of esters is 1. The topological polar surface area (TPSA) is 128 Å². The number of ether oxygens (including phenoxy) is 1. The van der Waals surface area contributed by atoms with E-state index in [0.29, 0.717) is 11.6 Å². The second-order valence-corrected chi connectivity index (χ2v) is 8.17. The number of anilines is 1. The maximum Gasteiger partial charge on any atom is 0.321 e. The van der Waals surface area contributed by atoms with Crippen LogP contribution < -0.4 is 10.0 Å². The number of carbonyl (C=O) groups excluding carboxylic acids is 2. The predicted molar refractivity (Wildman–Crippen MR) is 101 cm³/mol. The van der Waals surface area contributed by atoms with Crippen molar-refractivity contribution in [1.82, 2.24) is 9.88 Å². The number of aryl methyl sites for hydroxylation is 2. The molecule has 2 aromatic rings. The van der Waals surface area contributed by atoms with Crippen LogP contribution in [0, 0.1) is 13.8 Å². The average Bonchev–Trinajstić information content (AvgIpc) is 2.98. The molecule has 0 fully saturated rings. The van der Waals surface area contributed by atoms with Crippen LogP contribution in [0.5, 0.6) is 0 Å². The lowest BCUT2D eigenvalue weighted by Gasteiger charge is -2.09. The van der Waals surface area contributed by atoms with Crippen molar-refractivity contribution in [3.8, 4) is 0 Å². The van der Waals surface area contributed by atoms with E-state index in [1.165, 1.54) is 13.8 Å². The number of nitrogens with one attached hydrogen (secondary N) is 2. The molecule has 0 atom stereocenters. The molecule has 0 aliphatic rings. The zero-order valence-electron chi connectivity index (χ0n) is 16.1. The molecule has 0 saturated carbocycles. The zero-order valence-corrected chi connectivity index (χ0v) is 16.9. The Balaban J connectivity index is 1.81. The van der Waals surface area contributed by atoms with Gasteiger partial charge in [0, 0.05) is 5.69 Å². The number of rotatable bonds is 8. The second-order valence-electron chi connectivity index (χ2n) is 6.46. The summed E-state index contributed by atoms with van der Waals surface area (Å²) >= 11 is 0. The molecule has 1 aromatic carbocycles. The number of sulfonamides is 1. The molecule has 152 valence electrons.